The SMILES string of the molecule is CC(=O)OC[C@H]1O[C@@H](N2C(=O)OC(C)(C)C2=O)[C@H](OC(C)=O)[C@@H](OC(C)=O)[C@@H]1OC(C)=O. The third kappa shape index (κ3) is 5.52. The predicted molar refractivity (Wildman–Crippen MR) is 99.4 cm³/mol. The number of rotatable bonds is 6. The van der Waals surface area contributed by atoms with Gasteiger partial charge in [-0.3, -0.25) is 24.0 Å². The number of imide groups is 1. The van der Waals surface area contributed by atoms with Crippen molar-refractivity contribution in [2.24, 2.45) is 0 Å². The fraction of sp³-hybridized carbons (Fsp3) is 0.684. The van der Waals surface area contributed by atoms with Crippen LogP contribution in [0.5, 0.6) is 0 Å². The van der Waals surface area contributed by atoms with Gasteiger partial charge in [-0.25, -0.2) is 9.69 Å². The lowest BCUT2D eigenvalue weighted by Crippen LogP contribution is -2.67. The Kier molecular flexibility index (Phi) is 7.44. The van der Waals surface area contributed by atoms with Gasteiger partial charge in [-0.1, -0.05) is 0 Å². The van der Waals surface area contributed by atoms with Crippen molar-refractivity contribution in [3.05, 3.63) is 0 Å². The van der Waals surface area contributed by atoms with Crippen LogP contribution < -0.4 is 0 Å². The summed E-state index contributed by atoms with van der Waals surface area (Å²) in [6.45, 7) is 6.49. The molecule has 0 saturated carbocycles. The molecule has 32 heavy (non-hydrogen) atoms. The summed E-state index contributed by atoms with van der Waals surface area (Å²) in [6, 6.07) is 0. The van der Waals surface area contributed by atoms with Gasteiger partial charge in [-0.05, 0) is 13.8 Å². The maximum atomic E-state index is 12.8. The van der Waals surface area contributed by atoms with E-state index in [0.29, 0.717) is 4.90 Å². The number of hydrogen-bond acceptors (Lipinski definition) is 12. The van der Waals surface area contributed by atoms with Crippen LogP contribution in [0.4, 0.5) is 4.79 Å². The van der Waals surface area contributed by atoms with E-state index in [9.17, 15) is 28.8 Å². The highest BCUT2D eigenvalue weighted by atomic mass is 16.7. The van der Waals surface area contributed by atoms with Crippen LogP contribution in [0.25, 0.3) is 0 Å². The first kappa shape index (κ1) is 25.0. The van der Waals surface area contributed by atoms with Gasteiger partial charge in [0.2, 0.25) is 0 Å². The molecule has 0 aromatic carbocycles. The molecule has 2 rings (SSSR count). The van der Waals surface area contributed by atoms with Gasteiger partial charge in [-0.15, -0.1) is 0 Å². The number of carbonyl (C=O) groups excluding carboxylic acids is 6. The third-order valence-corrected chi connectivity index (χ3v) is 4.49. The molecule has 2 aliphatic rings. The number of carbonyl (C=O) groups is 6. The Morgan fingerprint density at radius 1 is 0.844 bits per heavy atom. The molecule has 0 bridgehead atoms. The first-order chi connectivity index (χ1) is 14.7. The van der Waals surface area contributed by atoms with Crippen molar-refractivity contribution in [3.63, 3.8) is 0 Å². The van der Waals surface area contributed by atoms with E-state index >= 15 is 0 Å². The van der Waals surface area contributed by atoms with Gasteiger partial charge in [0.05, 0.1) is 0 Å². The Hall–Kier alpha value is -3.22. The maximum Gasteiger partial charge on any atom is 0.420 e. The van der Waals surface area contributed by atoms with E-state index in [1.807, 2.05) is 0 Å². The zero-order chi connectivity index (χ0) is 24.4. The van der Waals surface area contributed by atoms with Crippen LogP contribution in [-0.2, 0) is 52.4 Å². The monoisotopic (exact) mass is 459 g/mol. The molecule has 5 atom stereocenters. The number of amides is 2. The summed E-state index contributed by atoms with van der Waals surface area (Å²) in [6.07, 6.45) is -8.53. The van der Waals surface area contributed by atoms with E-state index < -0.39 is 78.7 Å². The van der Waals surface area contributed by atoms with Crippen molar-refractivity contribution < 1.29 is 57.2 Å². The fourth-order valence-electron chi connectivity index (χ4n) is 3.32. The molecule has 0 aromatic heterocycles. The highest BCUT2D eigenvalue weighted by molar-refractivity contribution is 6.02. The zero-order valence-electron chi connectivity index (χ0n) is 18.4. The molecule has 2 aliphatic heterocycles. The lowest BCUT2D eigenvalue weighted by Gasteiger charge is -2.45. The van der Waals surface area contributed by atoms with Gasteiger partial charge in [0.25, 0.3) is 5.91 Å². The van der Waals surface area contributed by atoms with Crippen LogP contribution in [0.2, 0.25) is 0 Å². The van der Waals surface area contributed by atoms with Crippen molar-refractivity contribution in [2.75, 3.05) is 6.61 Å². The average Bonchev–Trinajstić information content (AvgIpc) is 2.83. The van der Waals surface area contributed by atoms with E-state index in [1.165, 1.54) is 13.8 Å². The summed E-state index contributed by atoms with van der Waals surface area (Å²) >= 11 is 0. The molecule has 178 valence electrons. The van der Waals surface area contributed by atoms with Gasteiger partial charge < -0.3 is 28.4 Å². The second kappa shape index (κ2) is 9.51. The van der Waals surface area contributed by atoms with E-state index in [-0.39, 0.29) is 0 Å². The molecule has 0 spiro atoms. The third-order valence-electron chi connectivity index (χ3n) is 4.49. The second-order valence-electron chi connectivity index (χ2n) is 7.64. The average molecular weight is 459 g/mol. The van der Waals surface area contributed by atoms with Crippen LogP contribution in [0.15, 0.2) is 0 Å². The van der Waals surface area contributed by atoms with Crippen molar-refractivity contribution >= 4 is 35.9 Å². The quantitative estimate of drug-likeness (QED) is 0.381. The van der Waals surface area contributed by atoms with Gasteiger partial charge in [-0.2, -0.15) is 0 Å². The van der Waals surface area contributed by atoms with Gasteiger partial charge >= 0.3 is 30.0 Å². The maximum absolute atomic E-state index is 12.8. The number of nitrogens with zero attached hydrogens (tertiary/aromatic N) is 1. The lowest BCUT2D eigenvalue weighted by molar-refractivity contribution is -0.270. The number of cyclic esters (lactones) is 1. The summed E-state index contributed by atoms with van der Waals surface area (Å²) in [4.78, 5) is 72.5. The molecular weight excluding hydrogens is 434 g/mol. The smallest absolute Gasteiger partial charge is 0.420 e. The minimum absolute atomic E-state index is 0.491. The van der Waals surface area contributed by atoms with Crippen LogP contribution >= 0.6 is 0 Å². The summed E-state index contributed by atoms with van der Waals surface area (Å²) in [5, 5.41) is 0. The van der Waals surface area contributed by atoms with Crippen LogP contribution in [0.3, 0.4) is 0 Å². The highest BCUT2D eigenvalue weighted by Crippen LogP contribution is 2.35. The molecule has 0 N–H and O–H groups in total. The molecule has 13 nitrogen and oxygen atoms in total. The van der Waals surface area contributed by atoms with E-state index in [1.54, 1.807) is 0 Å². The minimum atomic E-state index is -1.64. The molecule has 2 amide bonds. The highest BCUT2D eigenvalue weighted by Gasteiger charge is 2.60. The van der Waals surface area contributed by atoms with Crippen LogP contribution in [0, 0.1) is 0 Å². The number of ether oxygens (including phenoxy) is 6. The molecule has 0 aliphatic carbocycles. The van der Waals surface area contributed by atoms with E-state index in [0.717, 1.165) is 27.7 Å². The Balaban J connectivity index is 2.56. The van der Waals surface area contributed by atoms with E-state index in [2.05, 4.69) is 0 Å². The first-order valence-corrected chi connectivity index (χ1v) is 9.61. The van der Waals surface area contributed by atoms with Crippen molar-refractivity contribution in [3.8, 4) is 0 Å². The van der Waals surface area contributed by atoms with Gasteiger partial charge in [0.15, 0.2) is 30.1 Å². The first-order valence-electron chi connectivity index (χ1n) is 9.61. The molecule has 0 aromatic rings. The molecule has 2 saturated heterocycles. The van der Waals surface area contributed by atoms with E-state index in [4.69, 9.17) is 28.4 Å². The summed E-state index contributed by atoms with van der Waals surface area (Å²) in [5.41, 5.74) is -1.55. The summed E-state index contributed by atoms with van der Waals surface area (Å²) in [7, 11) is 0. The number of esters is 4. The Morgan fingerprint density at radius 2 is 1.34 bits per heavy atom. The predicted octanol–water partition coefficient (Wildman–Crippen LogP) is -0.173. The van der Waals surface area contributed by atoms with Crippen molar-refractivity contribution in [1.29, 1.82) is 0 Å². The Bertz CT molecular complexity index is 821. The Morgan fingerprint density at radius 3 is 1.78 bits per heavy atom. The minimum Gasteiger partial charge on any atom is -0.463 e. The molecular formula is C19H25NO12. The molecule has 2 fully saturated rings. The summed E-state index contributed by atoms with van der Waals surface area (Å²) < 4.78 is 31.5. The van der Waals surface area contributed by atoms with Gasteiger partial charge in [0.1, 0.15) is 12.7 Å². The molecule has 13 heteroatoms. The normalized spacial score (nSPS) is 29.1. The van der Waals surface area contributed by atoms with Crippen LogP contribution in [-0.4, -0.2) is 83.6 Å². The van der Waals surface area contributed by atoms with Crippen LogP contribution in [0.1, 0.15) is 41.5 Å². The standard InChI is InChI=1S/C19H25NO12/c1-8(21)27-7-12-13(28-9(2)22)14(29-10(3)23)15(30-11(4)24)16(31-12)20-17(25)19(5,6)32-18(20)26/h12-16H,7H2,1-6H3/t12-,13-,14+,15-,16-/m1/s1. The number of hydrogen-bond donors (Lipinski definition) is 0. The zero-order valence-corrected chi connectivity index (χ0v) is 18.4. The molecule has 0 unspecified atom stereocenters. The largest absolute Gasteiger partial charge is 0.463 e. The van der Waals surface area contributed by atoms with Crippen molar-refractivity contribution in [1.82, 2.24) is 4.90 Å². The lowest BCUT2D eigenvalue weighted by atomic mass is 9.96. The van der Waals surface area contributed by atoms with Gasteiger partial charge in [0, 0.05) is 27.7 Å². The summed E-state index contributed by atoms with van der Waals surface area (Å²) in [5.74, 6) is -4.02. The fourth-order valence-corrected chi connectivity index (χ4v) is 3.32. The topological polar surface area (TPSA) is 161 Å². The van der Waals surface area contributed by atoms with Crippen molar-refractivity contribution in [2.45, 2.75) is 77.8 Å². The Labute approximate surface area is 183 Å². The molecule has 0 radical (unpaired) electrons. The second-order valence-corrected chi connectivity index (χ2v) is 7.64. The molecule has 2 heterocycles.